The van der Waals surface area contributed by atoms with Crippen LogP contribution < -0.4 is 10.2 Å². The average molecular weight is 372 g/mol. The summed E-state index contributed by atoms with van der Waals surface area (Å²) in [4.78, 5) is 24.1. The molecule has 2 heterocycles. The topological polar surface area (TPSA) is 58.1 Å². The summed E-state index contributed by atoms with van der Waals surface area (Å²) in [6.45, 7) is 8.03. The minimum atomic E-state index is -0.0908. The summed E-state index contributed by atoms with van der Waals surface area (Å²) in [5.41, 5.74) is 5.92. The molecule has 5 heteroatoms. The third-order valence-electron chi connectivity index (χ3n) is 5.35. The monoisotopic (exact) mass is 372 g/mol. The lowest BCUT2D eigenvalue weighted by Crippen LogP contribution is -2.36. The lowest BCUT2D eigenvalue weighted by Gasteiger charge is -2.22. The van der Waals surface area contributed by atoms with Crippen LogP contribution in [-0.4, -0.2) is 21.9 Å². The van der Waals surface area contributed by atoms with Crippen LogP contribution in [-0.2, 0) is 6.42 Å². The Morgan fingerprint density at radius 3 is 2.68 bits per heavy atom. The molecule has 4 rings (SSSR count). The zero-order valence-corrected chi connectivity index (χ0v) is 16.7. The summed E-state index contributed by atoms with van der Waals surface area (Å²) >= 11 is 0. The standard InChI is InChI=1S/C23H24N4O/c1-14-8-7-10-19(16(14)3)26-22-13-20(24-17(4)25-22)23(28)27-15(2)12-18-9-5-6-11-21(18)27/h5-11,13,15H,12H2,1-4H3,(H,24,25,26). The fourth-order valence-corrected chi connectivity index (χ4v) is 3.76. The summed E-state index contributed by atoms with van der Waals surface area (Å²) < 4.78 is 0. The summed E-state index contributed by atoms with van der Waals surface area (Å²) in [6.07, 6.45) is 0.861. The number of aryl methyl sites for hydroxylation is 2. The van der Waals surface area contributed by atoms with E-state index in [-0.39, 0.29) is 11.9 Å². The van der Waals surface area contributed by atoms with Gasteiger partial charge in [0, 0.05) is 23.5 Å². The molecule has 1 unspecified atom stereocenters. The normalized spacial score (nSPS) is 15.4. The van der Waals surface area contributed by atoms with Gasteiger partial charge in [-0.2, -0.15) is 0 Å². The molecule has 1 aliphatic rings. The molecule has 1 aliphatic heterocycles. The summed E-state index contributed by atoms with van der Waals surface area (Å²) in [6, 6.07) is 16.0. The van der Waals surface area contributed by atoms with Crippen LogP contribution in [0.4, 0.5) is 17.2 Å². The smallest absolute Gasteiger partial charge is 0.277 e. The fourth-order valence-electron chi connectivity index (χ4n) is 3.76. The maximum atomic E-state index is 13.3. The van der Waals surface area contributed by atoms with Crippen LogP contribution in [0.25, 0.3) is 0 Å². The zero-order valence-electron chi connectivity index (χ0n) is 16.7. The van der Waals surface area contributed by atoms with Crippen molar-refractivity contribution in [3.63, 3.8) is 0 Å². The number of aromatic nitrogens is 2. The molecule has 1 aromatic heterocycles. The number of benzene rings is 2. The Morgan fingerprint density at radius 1 is 1.07 bits per heavy atom. The van der Waals surface area contributed by atoms with Gasteiger partial charge >= 0.3 is 0 Å². The second kappa shape index (κ2) is 7.08. The largest absolute Gasteiger partial charge is 0.340 e. The van der Waals surface area contributed by atoms with Gasteiger partial charge in [-0.05, 0) is 62.9 Å². The van der Waals surface area contributed by atoms with Crippen molar-refractivity contribution in [2.24, 2.45) is 0 Å². The Bertz CT molecular complexity index is 1060. The minimum Gasteiger partial charge on any atom is -0.340 e. The van der Waals surface area contributed by atoms with E-state index >= 15 is 0 Å². The molecule has 2 aromatic carbocycles. The molecule has 5 nitrogen and oxygen atoms in total. The van der Waals surface area contributed by atoms with Crippen LogP contribution in [0.1, 0.15) is 39.9 Å². The number of amides is 1. The Hall–Kier alpha value is -3.21. The molecule has 0 spiro atoms. The molecule has 0 fully saturated rings. The van der Waals surface area contributed by atoms with E-state index in [0.717, 1.165) is 23.4 Å². The Balaban J connectivity index is 1.68. The van der Waals surface area contributed by atoms with Gasteiger partial charge in [0.25, 0.3) is 5.91 Å². The second-order valence-corrected chi connectivity index (χ2v) is 7.42. The van der Waals surface area contributed by atoms with Gasteiger partial charge in [0.15, 0.2) is 0 Å². The Morgan fingerprint density at radius 2 is 1.86 bits per heavy atom. The van der Waals surface area contributed by atoms with Crippen molar-refractivity contribution in [3.05, 3.63) is 76.7 Å². The second-order valence-electron chi connectivity index (χ2n) is 7.42. The molecule has 3 aromatic rings. The van der Waals surface area contributed by atoms with Crippen molar-refractivity contribution in [1.29, 1.82) is 0 Å². The van der Waals surface area contributed by atoms with Gasteiger partial charge in [-0.1, -0.05) is 30.3 Å². The number of rotatable bonds is 3. The highest BCUT2D eigenvalue weighted by molar-refractivity contribution is 6.07. The van der Waals surface area contributed by atoms with Crippen LogP contribution in [0.2, 0.25) is 0 Å². The number of hydrogen-bond donors (Lipinski definition) is 1. The van der Waals surface area contributed by atoms with E-state index in [0.29, 0.717) is 17.3 Å². The van der Waals surface area contributed by atoms with Gasteiger partial charge in [0.05, 0.1) is 0 Å². The Labute approximate surface area is 165 Å². The van der Waals surface area contributed by atoms with Gasteiger partial charge < -0.3 is 10.2 Å². The first kappa shape index (κ1) is 18.2. The highest BCUT2D eigenvalue weighted by Crippen LogP contribution is 2.33. The number of carbonyl (C=O) groups excluding carboxylic acids is 1. The SMILES string of the molecule is Cc1nc(Nc2cccc(C)c2C)cc(C(=O)N2c3ccccc3CC2C)n1. The van der Waals surface area contributed by atoms with Gasteiger partial charge in [-0.25, -0.2) is 9.97 Å². The number of nitrogens with zero attached hydrogens (tertiary/aromatic N) is 3. The molecule has 0 bridgehead atoms. The number of hydrogen-bond acceptors (Lipinski definition) is 4. The number of anilines is 3. The maximum Gasteiger partial charge on any atom is 0.277 e. The van der Waals surface area contributed by atoms with E-state index in [1.54, 1.807) is 6.07 Å². The first-order valence-corrected chi connectivity index (χ1v) is 9.54. The third kappa shape index (κ3) is 3.24. The molecule has 0 saturated carbocycles. The van der Waals surface area contributed by atoms with E-state index in [9.17, 15) is 4.79 Å². The predicted molar refractivity (Wildman–Crippen MR) is 112 cm³/mol. The number of nitrogens with one attached hydrogen (secondary N) is 1. The van der Waals surface area contributed by atoms with Crippen molar-refractivity contribution in [2.45, 2.75) is 40.2 Å². The lowest BCUT2D eigenvalue weighted by atomic mass is 10.1. The molecule has 142 valence electrons. The van der Waals surface area contributed by atoms with Gasteiger partial charge in [0.2, 0.25) is 0 Å². The van der Waals surface area contributed by atoms with Gasteiger partial charge in [-0.3, -0.25) is 4.79 Å². The van der Waals surface area contributed by atoms with E-state index in [1.807, 2.05) is 42.2 Å². The molecule has 28 heavy (non-hydrogen) atoms. The molecule has 0 aliphatic carbocycles. The minimum absolute atomic E-state index is 0.0908. The molecular formula is C23H24N4O. The molecular weight excluding hydrogens is 348 g/mol. The first-order chi connectivity index (χ1) is 13.4. The van der Waals surface area contributed by atoms with Crippen molar-refractivity contribution in [3.8, 4) is 0 Å². The van der Waals surface area contributed by atoms with Crippen molar-refractivity contribution in [1.82, 2.24) is 9.97 Å². The Kier molecular flexibility index (Phi) is 4.59. The van der Waals surface area contributed by atoms with Gasteiger partial charge in [-0.15, -0.1) is 0 Å². The molecule has 1 amide bonds. The highest BCUT2D eigenvalue weighted by atomic mass is 16.2. The number of fused-ring (bicyclic) bond motifs is 1. The summed E-state index contributed by atoms with van der Waals surface area (Å²) in [5, 5.41) is 3.35. The third-order valence-corrected chi connectivity index (χ3v) is 5.35. The molecule has 0 saturated heterocycles. The van der Waals surface area contributed by atoms with Crippen LogP contribution in [0.3, 0.4) is 0 Å². The molecule has 1 atom stereocenters. The molecule has 0 radical (unpaired) electrons. The highest BCUT2D eigenvalue weighted by Gasteiger charge is 2.32. The average Bonchev–Trinajstić information content (AvgIpc) is 3.00. The van der Waals surface area contributed by atoms with E-state index in [4.69, 9.17) is 0 Å². The zero-order chi connectivity index (χ0) is 19.8. The first-order valence-electron chi connectivity index (χ1n) is 9.54. The van der Waals surface area contributed by atoms with E-state index in [2.05, 4.69) is 48.2 Å². The van der Waals surface area contributed by atoms with Crippen LogP contribution >= 0.6 is 0 Å². The quantitative estimate of drug-likeness (QED) is 0.722. The van der Waals surface area contributed by atoms with Crippen molar-refractivity contribution >= 4 is 23.1 Å². The summed E-state index contributed by atoms with van der Waals surface area (Å²) in [7, 11) is 0. The lowest BCUT2D eigenvalue weighted by molar-refractivity contribution is 0.0976. The van der Waals surface area contributed by atoms with Crippen LogP contribution in [0, 0.1) is 20.8 Å². The van der Waals surface area contributed by atoms with Crippen molar-refractivity contribution in [2.75, 3.05) is 10.2 Å². The van der Waals surface area contributed by atoms with Crippen LogP contribution in [0.15, 0.2) is 48.5 Å². The molecule has 1 N–H and O–H groups in total. The van der Waals surface area contributed by atoms with E-state index < -0.39 is 0 Å². The fraction of sp³-hybridized carbons (Fsp3) is 0.261. The van der Waals surface area contributed by atoms with Crippen LogP contribution in [0.5, 0.6) is 0 Å². The predicted octanol–water partition coefficient (Wildman–Crippen LogP) is 4.74. The number of para-hydroxylation sites is 1. The van der Waals surface area contributed by atoms with E-state index in [1.165, 1.54) is 11.1 Å². The van der Waals surface area contributed by atoms with Gasteiger partial charge in [0.1, 0.15) is 17.3 Å². The van der Waals surface area contributed by atoms with Crippen molar-refractivity contribution < 1.29 is 4.79 Å². The maximum absolute atomic E-state index is 13.3. The number of carbonyl (C=O) groups is 1. The summed E-state index contributed by atoms with van der Waals surface area (Å²) in [5.74, 6) is 1.11.